The normalized spacial score (nSPS) is 19.0. The summed E-state index contributed by atoms with van der Waals surface area (Å²) in [7, 11) is 0. The van der Waals surface area contributed by atoms with Gasteiger partial charge in [0.15, 0.2) is 0 Å². The van der Waals surface area contributed by atoms with E-state index in [4.69, 9.17) is 15.6 Å². The second-order valence-corrected chi connectivity index (χ2v) is 6.27. The third-order valence-electron chi connectivity index (χ3n) is 3.07. The van der Waals surface area contributed by atoms with Gasteiger partial charge in [0.25, 0.3) is 6.47 Å². The summed E-state index contributed by atoms with van der Waals surface area (Å²) in [6.45, 7) is 2.97. The van der Waals surface area contributed by atoms with E-state index < -0.39 is 0 Å². The van der Waals surface area contributed by atoms with Crippen LogP contribution in [0.1, 0.15) is 24.5 Å². The number of hydrogen-bond acceptors (Lipinski definition) is 4. The summed E-state index contributed by atoms with van der Waals surface area (Å²) >= 11 is 2.05. The van der Waals surface area contributed by atoms with Crippen LogP contribution in [0.4, 0.5) is 0 Å². The molecule has 4 nitrogen and oxygen atoms in total. The molecule has 0 aliphatic carbocycles. The topological polar surface area (TPSA) is 75.3 Å². The number of hydrogen-bond donors (Lipinski definition) is 3. The second kappa shape index (κ2) is 9.80. The van der Waals surface area contributed by atoms with Crippen LogP contribution >= 0.6 is 11.8 Å². The molecule has 0 amide bonds. The maximum atomic E-state index is 8.36. The number of nitrogens with two attached hydrogens (primary N) is 1. The van der Waals surface area contributed by atoms with Gasteiger partial charge in [0, 0.05) is 18.3 Å². The molecule has 2 unspecified atom stereocenters. The Kier molecular flexibility index (Phi) is 8.34. The molecule has 1 heterocycles. The quantitative estimate of drug-likeness (QED) is 0.723. The van der Waals surface area contributed by atoms with Gasteiger partial charge in [-0.1, -0.05) is 24.3 Å². The third-order valence-corrected chi connectivity index (χ3v) is 4.31. The highest BCUT2D eigenvalue weighted by atomic mass is 32.2. The van der Waals surface area contributed by atoms with Gasteiger partial charge in [0.05, 0.1) is 5.37 Å². The molecular weight excluding hydrogens is 272 g/mol. The molecule has 1 aliphatic heterocycles. The number of nitrogens with one attached hydrogen (secondary N) is 1. The van der Waals surface area contributed by atoms with Crippen LogP contribution in [-0.2, 0) is 17.6 Å². The number of thioether (sulfide) groups is 1. The SMILES string of the molecule is CC(N)Cc1ccc(CCC2NCCS2)cc1.O=CO. The first-order valence-electron chi connectivity index (χ1n) is 6.92. The minimum atomic E-state index is -0.250. The molecule has 1 saturated heterocycles. The van der Waals surface area contributed by atoms with Gasteiger partial charge in [0.1, 0.15) is 0 Å². The van der Waals surface area contributed by atoms with Gasteiger partial charge in [-0.3, -0.25) is 4.79 Å². The van der Waals surface area contributed by atoms with Crippen molar-refractivity contribution in [2.75, 3.05) is 12.3 Å². The van der Waals surface area contributed by atoms with Gasteiger partial charge in [-0.2, -0.15) is 0 Å². The fourth-order valence-electron chi connectivity index (χ4n) is 2.18. The van der Waals surface area contributed by atoms with Gasteiger partial charge in [-0.25, -0.2) is 0 Å². The highest BCUT2D eigenvalue weighted by Crippen LogP contribution is 2.19. The molecule has 0 radical (unpaired) electrons. The molecule has 1 aliphatic rings. The van der Waals surface area contributed by atoms with Crippen LogP contribution in [0.2, 0.25) is 0 Å². The van der Waals surface area contributed by atoms with Crippen molar-refractivity contribution in [1.29, 1.82) is 0 Å². The highest BCUT2D eigenvalue weighted by Gasteiger charge is 2.13. The molecule has 112 valence electrons. The lowest BCUT2D eigenvalue weighted by molar-refractivity contribution is -0.122. The monoisotopic (exact) mass is 296 g/mol. The van der Waals surface area contributed by atoms with E-state index in [0.29, 0.717) is 5.37 Å². The van der Waals surface area contributed by atoms with Crippen molar-refractivity contribution in [3.05, 3.63) is 35.4 Å². The molecule has 1 fully saturated rings. The molecule has 1 aromatic rings. The zero-order valence-corrected chi connectivity index (χ0v) is 12.7. The van der Waals surface area contributed by atoms with Gasteiger partial charge in [-0.15, -0.1) is 11.8 Å². The van der Waals surface area contributed by atoms with E-state index in [9.17, 15) is 0 Å². The molecule has 2 atom stereocenters. The number of carbonyl (C=O) groups is 1. The van der Waals surface area contributed by atoms with Crippen LogP contribution in [-0.4, -0.2) is 35.3 Å². The lowest BCUT2D eigenvalue weighted by atomic mass is 10.0. The Hall–Kier alpha value is -1.04. The summed E-state index contributed by atoms with van der Waals surface area (Å²) in [5, 5.41) is 11.1. The molecule has 1 aromatic carbocycles. The molecule has 5 heteroatoms. The van der Waals surface area contributed by atoms with Gasteiger partial charge >= 0.3 is 0 Å². The summed E-state index contributed by atoms with van der Waals surface area (Å²) in [4.78, 5) is 8.36. The Morgan fingerprint density at radius 2 is 2.05 bits per heavy atom. The van der Waals surface area contributed by atoms with Crippen LogP contribution in [0, 0.1) is 0 Å². The number of benzene rings is 1. The molecule has 0 aromatic heterocycles. The Balaban J connectivity index is 0.000000612. The van der Waals surface area contributed by atoms with E-state index in [1.807, 2.05) is 11.8 Å². The van der Waals surface area contributed by atoms with E-state index in [-0.39, 0.29) is 12.5 Å². The smallest absolute Gasteiger partial charge is 0.290 e. The maximum Gasteiger partial charge on any atom is 0.290 e. The summed E-state index contributed by atoms with van der Waals surface area (Å²) in [5.74, 6) is 1.26. The minimum absolute atomic E-state index is 0.250. The predicted octanol–water partition coefficient (Wildman–Crippen LogP) is 1.87. The lowest BCUT2D eigenvalue weighted by Gasteiger charge is -2.10. The van der Waals surface area contributed by atoms with Crippen molar-refractivity contribution in [1.82, 2.24) is 5.32 Å². The van der Waals surface area contributed by atoms with Gasteiger partial charge < -0.3 is 16.2 Å². The van der Waals surface area contributed by atoms with E-state index in [0.717, 1.165) is 6.42 Å². The predicted molar refractivity (Wildman–Crippen MR) is 85.1 cm³/mol. The van der Waals surface area contributed by atoms with Crippen LogP contribution in [0.3, 0.4) is 0 Å². The van der Waals surface area contributed by atoms with Crippen molar-refractivity contribution < 1.29 is 9.90 Å². The van der Waals surface area contributed by atoms with Crippen molar-refractivity contribution >= 4 is 18.2 Å². The average molecular weight is 296 g/mol. The number of rotatable bonds is 5. The Morgan fingerprint density at radius 1 is 1.45 bits per heavy atom. The van der Waals surface area contributed by atoms with Crippen LogP contribution < -0.4 is 11.1 Å². The summed E-state index contributed by atoms with van der Waals surface area (Å²) in [5.41, 5.74) is 8.58. The molecule has 4 N–H and O–H groups in total. The van der Waals surface area contributed by atoms with Crippen molar-refractivity contribution in [2.45, 2.75) is 37.6 Å². The first-order chi connectivity index (χ1) is 9.65. The summed E-state index contributed by atoms with van der Waals surface area (Å²) < 4.78 is 0. The largest absolute Gasteiger partial charge is 0.483 e. The average Bonchev–Trinajstić information content (AvgIpc) is 2.91. The number of aryl methyl sites for hydroxylation is 1. The first-order valence-corrected chi connectivity index (χ1v) is 7.96. The minimum Gasteiger partial charge on any atom is -0.483 e. The zero-order valence-electron chi connectivity index (χ0n) is 11.9. The molecular formula is C15H24N2O2S. The van der Waals surface area contributed by atoms with E-state index >= 15 is 0 Å². The van der Waals surface area contributed by atoms with Crippen molar-refractivity contribution in [3.63, 3.8) is 0 Å². The van der Waals surface area contributed by atoms with E-state index in [1.54, 1.807) is 0 Å². The molecule has 20 heavy (non-hydrogen) atoms. The Labute approximate surface area is 125 Å². The standard InChI is InChI=1S/C14H22N2S.CH2O2/c1-11(15)10-13-4-2-12(3-5-13)6-7-14-16-8-9-17-14;2-1-3/h2-5,11,14,16H,6-10,15H2,1H3;1H,(H,2,3). The molecule has 0 bridgehead atoms. The fraction of sp³-hybridized carbons (Fsp3) is 0.533. The van der Waals surface area contributed by atoms with E-state index in [2.05, 4.69) is 36.5 Å². The zero-order chi connectivity index (χ0) is 14.8. The first kappa shape index (κ1) is 17.0. The summed E-state index contributed by atoms with van der Waals surface area (Å²) in [6, 6.07) is 9.18. The molecule has 2 rings (SSSR count). The number of carboxylic acid groups (broad SMARTS) is 1. The lowest BCUT2D eigenvalue weighted by Crippen LogP contribution is -2.20. The van der Waals surface area contributed by atoms with Crippen molar-refractivity contribution in [2.24, 2.45) is 5.73 Å². The highest BCUT2D eigenvalue weighted by molar-refractivity contribution is 8.00. The van der Waals surface area contributed by atoms with Crippen LogP contribution in [0.5, 0.6) is 0 Å². The van der Waals surface area contributed by atoms with Crippen LogP contribution in [0.25, 0.3) is 0 Å². The molecule has 0 spiro atoms. The van der Waals surface area contributed by atoms with Gasteiger partial charge in [-0.05, 0) is 37.3 Å². The Morgan fingerprint density at radius 3 is 2.55 bits per heavy atom. The molecule has 0 saturated carbocycles. The maximum absolute atomic E-state index is 8.36. The summed E-state index contributed by atoms with van der Waals surface area (Å²) in [6.07, 6.45) is 3.38. The van der Waals surface area contributed by atoms with E-state index in [1.165, 1.54) is 36.3 Å². The second-order valence-electron chi connectivity index (χ2n) is 4.96. The van der Waals surface area contributed by atoms with Crippen LogP contribution in [0.15, 0.2) is 24.3 Å². The Bertz CT molecular complexity index is 376. The van der Waals surface area contributed by atoms with Gasteiger partial charge in [0.2, 0.25) is 0 Å². The fourth-order valence-corrected chi connectivity index (χ4v) is 3.22. The third kappa shape index (κ3) is 6.93. The van der Waals surface area contributed by atoms with Crippen molar-refractivity contribution in [3.8, 4) is 0 Å².